The Labute approximate surface area is 797 Å². The number of ether oxygens (including phenoxy) is 6. The van der Waals surface area contributed by atoms with Crippen LogP contribution in [0.25, 0.3) is 143 Å². The van der Waals surface area contributed by atoms with Crippen molar-refractivity contribution < 1.29 is 37.3 Å². The summed E-state index contributed by atoms with van der Waals surface area (Å²) < 4.78 is 50.2. The molecule has 0 aliphatic carbocycles. The van der Waals surface area contributed by atoms with Crippen LogP contribution in [-0.4, -0.2) is 61.0 Å². The van der Waals surface area contributed by atoms with Gasteiger partial charge >= 0.3 is 0 Å². The van der Waals surface area contributed by atoms with Crippen LogP contribution in [0, 0.1) is 13.8 Å². The lowest BCUT2D eigenvalue weighted by Crippen LogP contribution is -2.03. The summed E-state index contributed by atoms with van der Waals surface area (Å²) in [5.41, 5.74) is 22.6. The molecule has 0 amide bonds. The van der Waals surface area contributed by atoms with Gasteiger partial charge in [-0.1, -0.05) is 410 Å². The van der Waals surface area contributed by atoms with Crippen molar-refractivity contribution in [3.63, 3.8) is 0 Å². The van der Waals surface area contributed by atoms with E-state index in [0.29, 0.717) is 61.5 Å². The molecule has 2 aromatic heterocycles. The monoisotopic (exact) mass is 1780 g/mol. The van der Waals surface area contributed by atoms with Gasteiger partial charge in [-0.3, -0.25) is 0 Å². The van der Waals surface area contributed by atoms with Gasteiger partial charge in [0.2, 0.25) is 23.6 Å². The van der Waals surface area contributed by atoms with Crippen LogP contribution < -0.4 is 28.4 Å². The maximum atomic E-state index is 6.58. The maximum absolute atomic E-state index is 6.58. The zero-order valence-electron chi connectivity index (χ0n) is 80.0. The van der Waals surface area contributed by atoms with Gasteiger partial charge < -0.3 is 37.3 Å². The fourth-order valence-corrected chi connectivity index (χ4v) is 15.8. The van der Waals surface area contributed by atoms with Crippen molar-refractivity contribution in [2.75, 3.05) is 40.6 Å². The highest BCUT2D eigenvalue weighted by Gasteiger charge is 2.18. The van der Waals surface area contributed by atoms with E-state index >= 15 is 0 Å². The van der Waals surface area contributed by atoms with Crippen LogP contribution in [-0.2, 0) is 0 Å². The number of benzene rings is 11. The van der Waals surface area contributed by atoms with Crippen molar-refractivity contribution >= 4 is 97.2 Å². The molecular weight excluding hydrogens is 1650 g/mol. The Balaban J connectivity index is 0.803. The summed E-state index contributed by atoms with van der Waals surface area (Å²) >= 11 is 0. The Kier molecular flexibility index (Phi) is 39.3. The second-order valence-electron chi connectivity index (χ2n) is 34.8. The summed E-state index contributed by atoms with van der Waals surface area (Å²) in [4.78, 5) is 0. The molecule has 0 unspecified atom stereocenters. The van der Waals surface area contributed by atoms with E-state index in [0.717, 1.165) is 186 Å². The van der Waals surface area contributed by atoms with Crippen molar-refractivity contribution in [1.82, 2.24) is 20.4 Å². The van der Waals surface area contributed by atoms with Gasteiger partial charge in [0.15, 0.2) is 23.0 Å². The van der Waals surface area contributed by atoms with Gasteiger partial charge in [0.05, 0.1) is 40.6 Å². The first kappa shape index (κ1) is 97.9. The fraction of sp³-hybridized carbons (Fsp3) is 0.295. The molecule has 0 fully saturated rings. The average Bonchev–Trinajstić information content (AvgIpc) is 1.32. The molecule has 0 N–H and O–H groups in total. The molecule has 11 aromatic carbocycles. The largest absolute Gasteiger partial charge is 0.493 e. The zero-order valence-corrected chi connectivity index (χ0v) is 80.0. The fourth-order valence-electron chi connectivity index (χ4n) is 15.8. The smallest absolute Gasteiger partial charge is 0.248 e. The predicted molar refractivity (Wildman–Crippen MR) is 565 cm³/mol. The van der Waals surface area contributed by atoms with Gasteiger partial charge in [-0.05, 0) is 190 Å². The van der Waals surface area contributed by atoms with Crippen LogP contribution in [0.3, 0.4) is 0 Å². The van der Waals surface area contributed by atoms with Crippen LogP contribution in [0.15, 0.2) is 239 Å². The highest BCUT2D eigenvalue weighted by atomic mass is 16.5. The molecule has 134 heavy (non-hydrogen) atoms. The number of aryl methyl sites for hydroxylation is 2. The minimum Gasteiger partial charge on any atom is -0.493 e. The average molecular weight is 1780 g/mol. The van der Waals surface area contributed by atoms with Crippen LogP contribution >= 0.6 is 0 Å². The van der Waals surface area contributed by atoms with Gasteiger partial charge in [-0.2, -0.15) is 0 Å². The summed E-state index contributed by atoms with van der Waals surface area (Å²) in [6, 6.07) is 80.2. The molecule has 0 saturated carbocycles. The van der Waals surface area contributed by atoms with E-state index in [4.69, 9.17) is 37.3 Å². The number of nitrogens with zero attached hydrogens (tertiary/aromatic N) is 4. The van der Waals surface area contributed by atoms with E-state index in [1.54, 1.807) is 14.2 Å². The zero-order chi connectivity index (χ0) is 92.9. The van der Waals surface area contributed by atoms with Gasteiger partial charge in [0.25, 0.3) is 0 Å². The van der Waals surface area contributed by atoms with Crippen molar-refractivity contribution in [1.29, 1.82) is 0 Å². The topological polar surface area (TPSA) is 133 Å². The van der Waals surface area contributed by atoms with Crippen molar-refractivity contribution in [2.45, 2.75) is 196 Å². The lowest BCUT2D eigenvalue weighted by atomic mass is 9.95. The highest BCUT2D eigenvalue weighted by molar-refractivity contribution is 5.88. The molecule has 2 heterocycles. The molecule has 690 valence electrons. The summed E-state index contributed by atoms with van der Waals surface area (Å²) in [6.07, 6.45) is 63.4. The number of aromatic nitrogens is 4. The molecular formula is C122H134N4O8. The molecule has 0 aliphatic heterocycles. The summed E-state index contributed by atoms with van der Waals surface area (Å²) in [7, 11) is 3.42. The SMILES string of the molecule is CCCCCCCCOc1cc(OC)c(OCCCCCCCC)cc1/C=C/c1ccc(/C=C/c2cc(/C=C/c3ccc(/C=C/c4cc(OCCCCCCCC)c(OC)cc4OCCCCCCCC)cc3)c(/C=C/c3ccc(/C=C/c4ccc(-c5nnc(-c6ccc(C)cc6)o5)cc4)cc3)cc2/C=C/c2ccc(/C=C/c3ccc(-c4nnc(-c5ccc(C)cc5)o4)cc3)cc2)cc1. The quantitative estimate of drug-likeness (QED) is 0.0265. The first-order valence-corrected chi connectivity index (χ1v) is 49.0. The normalized spacial score (nSPS) is 11.9. The third kappa shape index (κ3) is 31.3. The summed E-state index contributed by atoms with van der Waals surface area (Å²) in [5, 5.41) is 17.4. The van der Waals surface area contributed by atoms with Gasteiger partial charge in [0.1, 0.15) is 11.5 Å². The first-order chi connectivity index (χ1) is 65.9. The minimum absolute atomic E-state index is 0.482. The third-order valence-electron chi connectivity index (χ3n) is 24.1. The van der Waals surface area contributed by atoms with Gasteiger partial charge in [-0.25, -0.2) is 0 Å². The number of methoxy groups -OCH3 is 2. The Morgan fingerprint density at radius 2 is 0.396 bits per heavy atom. The van der Waals surface area contributed by atoms with E-state index < -0.39 is 0 Å². The summed E-state index contributed by atoms with van der Waals surface area (Å²) in [5.74, 6) is 6.37. The first-order valence-electron chi connectivity index (χ1n) is 49.0. The van der Waals surface area contributed by atoms with E-state index in [2.05, 4.69) is 305 Å². The van der Waals surface area contributed by atoms with E-state index in [1.807, 2.05) is 84.9 Å². The molecule has 12 nitrogen and oxygen atoms in total. The van der Waals surface area contributed by atoms with E-state index in [1.165, 1.54) is 114 Å². The number of hydrogen-bond acceptors (Lipinski definition) is 12. The molecule has 0 atom stereocenters. The number of rotatable bonds is 54. The highest BCUT2D eigenvalue weighted by Crippen LogP contribution is 2.40. The predicted octanol–water partition coefficient (Wildman–Crippen LogP) is 34.1. The second kappa shape index (κ2) is 53.8. The van der Waals surface area contributed by atoms with Crippen LogP contribution in [0.1, 0.15) is 282 Å². The number of unbranched alkanes of at least 4 members (excludes halogenated alkanes) is 20. The molecule has 12 heteroatoms. The molecule has 13 rings (SSSR count). The van der Waals surface area contributed by atoms with Gasteiger partial charge in [-0.15, -0.1) is 20.4 Å². The minimum atomic E-state index is 0.482. The van der Waals surface area contributed by atoms with E-state index in [9.17, 15) is 0 Å². The molecule has 0 spiro atoms. The molecule has 0 bridgehead atoms. The van der Waals surface area contributed by atoms with Crippen molar-refractivity contribution in [2.24, 2.45) is 0 Å². The maximum Gasteiger partial charge on any atom is 0.248 e. The third-order valence-corrected chi connectivity index (χ3v) is 24.1. The molecule has 0 radical (unpaired) electrons. The number of hydrogen-bond donors (Lipinski definition) is 0. The lowest BCUT2D eigenvalue weighted by molar-refractivity contribution is 0.278. The molecule has 0 aliphatic rings. The Morgan fingerprint density at radius 1 is 0.201 bits per heavy atom. The van der Waals surface area contributed by atoms with E-state index in [-0.39, 0.29) is 0 Å². The Hall–Kier alpha value is -13.6. The Bertz CT molecular complexity index is 5620. The van der Waals surface area contributed by atoms with Crippen LogP contribution in [0.5, 0.6) is 34.5 Å². The lowest BCUT2D eigenvalue weighted by Gasteiger charge is -2.16. The standard InChI is InChI=1S/C122H134N4O8/c1-9-13-17-21-25-29-81-129-113-89-115(127-7)117(131-83-31-27-23-19-15-11-3)87-111(113)79-65-99-51-47-97(48-52-99)63-77-109-86-110(78-64-98-49-53-100(54-50-98)66-80-112-88-118(132-84-32-28-24-20-16-12-4)116(128-8)90-114(112)130-82-30-26-22-18-14-10-2)108(76-62-96-45-39-94(40-46-96)42-56-102-59-73-106(74-60-102)122-126-124-120(134-122)104-69-35-92(6)36-70-104)85-107(109)75-61-95-43-37-93(38-44-95)41-55-101-57-71-105(72-58-101)121-125-123-119(133-121)103-67-33-91(5)34-68-103/h33-80,85-90H,9-32,81-84H2,1-8H3/b55-41+,56-42+,75-61+,76-62+,77-63+,78-64+,79-65+,80-66+. The van der Waals surface area contributed by atoms with Crippen molar-refractivity contribution in [3.05, 3.63) is 331 Å². The second-order valence-corrected chi connectivity index (χ2v) is 34.8. The van der Waals surface area contributed by atoms with Crippen molar-refractivity contribution in [3.8, 4) is 80.3 Å². The van der Waals surface area contributed by atoms with Gasteiger partial charge in [0, 0.05) is 45.5 Å². The molecule has 13 aromatic rings. The van der Waals surface area contributed by atoms with Crippen LogP contribution in [0.4, 0.5) is 0 Å². The Morgan fingerprint density at radius 3 is 0.627 bits per heavy atom. The summed E-state index contributed by atoms with van der Waals surface area (Å²) in [6.45, 7) is 15.7. The molecule has 0 saturated heterocycles. The van der Waals surface area contributed by atoms with Crippen LogP contribution in [0.2, 0.25) is 0 Å².